The summed E-state index contributed by atoms with van der Waals surface area (Å²) < 4.78 is 0. The highest BCUT2D eigenvalue weighted by Crippen LogP contribution is 2.42. The van der Waals surface area contributed by atoms with Crippen LogP contribution in [-0.2, 0) is 4.79 Å². The van der Waals surface area contributed by atoms with Gasteiger partial charge in [-0.2, -0.15) is 0 Å². The van der Waals surface area contributed by atoms with Crippen LogP contribution in [0.1, 0.15) is 51.9 Å². The summed E-state index contributed by atoms with van der Waals surface area (Å²) in [5, 5.41) is 11.9. The van der Waals surface area contributed by atoms with Crippen LogP contribution in [0, 0.1) is 17.8 Å². The van der Waals surface area contributed by atoms with Gasteiger partial charge in [0.15, 0.2) is 0 Å². The zero-order valence-corrected chi connectivity index (χ0v) is 10.8. The van der Waals surface area contributed by atoms with Crippen molar-refractivity contribution in [2.75, 3.05) is 6.61 Å². The minimum atomic E-state index is -0.105. The third-order valence-electron chi connectivity index (χ3n) is 4.57. The molecule has 3 nitrogen and oxygen atoms in total. The van der Waals surface area contributed by atoms with E-state index in [9.17, 15) is 4.79 Å². The Bertz CT molecular complexity index is 267. The molecule has 2 aliphatic rings. The van der Waals surface area contributed by atoms with Crippen LogP contribution in [-0.4, -0.2) is 23.7 Å². The van der Waals surface area contributed by atoms with Crippen molar-refractivity contribution >= 4 is 5.91 Å². The monoisotopic (exact) mass is 239 g/mol. The number of aliphatic hydroxyl groups is 1. The van der Waals surface area contributed by atoms with Crippen molar-refractivity contribution in [2.24, 2.45) is 17.8 Å². The first-order chi connectivity index (χ1) is 8.20. The maximum absolute atomic E-state index is 12.0. The van der Waals surface area contributed by atoms with Crippen LogP contribution >= 0.6 is 0 Å². The van der Waals surface area contributed by atoms with Gasteiger partial charge in [0.1, 0.15) is 0 Å². The summed E-state index contributed by atoms with van der Waals surface area (Å²) in [6.45, 7) is 1.88. The molecule has 0 aromatic carbocycles. The second-order valence-corrected chi connectivity index (χ2v) is 5.91. The largest absolute Gasteiger partial charge is 0.394 e. The van der Waals surface area contributed by atoms with Crippen LogP contribution in [0.5, 0.6) is 0 Å². The van der Waals surface area contributed by atoms with Crippen LogP contribution in [0.2, 0.25) is 0 Å². The molecule has 4 atom stereocenters. The fraction of sp³-hybridized carbons (Fsp3) is 0.929. The molecule has 0 aromatic rings. The van der Waals surface area contributed by atoms with Gasteiger partial charge < -0.3 is 10.4 Å². The molecular formula is C14H25NO2. The van der Waals surface area contributed by atoms with E-state index in [4.69, 9.17) is 5.11 Å². The Labute approximate surface area is 104 Å². The van der Waals surface area contributed by atoms with E-state index < -0.39 is 0 Å². The summed E-state index contributed by atoms with van der Waals surface area (Å²) in [4.78, 5) is 12.0. The highest BCUT2D eigenvalue weighted by Gasteiger charge is 2.35. The minimum Gasteiger partial charge on any atom is -0.394 e. The summed E-state index contributed by atoms with van der Waals surface area (Å²) in [7, 11) is 0. The smallest absolute Gasteiger partial charge is 0.223 e. The van der Waals surface area contributed by atoms with Gasteiger partial charge in [0.05, 0.1) is 6.61 Å². The van der Waals surface area contributed by atoms with E-state index in [0.717, 1.165) is 24.7 Å². The normalized spacial score (nSPS) is 34.8. The number of hydrogen-bond acceptors (Lipinski definition) is 2. The zero-order valence-electron chi connectivity index (χ0n) is 10.8. The topological polar surface area (TPSA) is 49.3 Å². The molecule has 0 aliphatic heterocycles. The maximum atomic E-state index is 12.0. The number of nitrogens with one attached hydrogen (secondary N) is 1. The van der Waals surface area contributed by atoms with Crippen LogP contribution < -0.4 is 5.32 Å². The molecule has 0 saturated heterocycles. The van der Waals surface area contributed by atoms with Crippen molar-refractivity contribution in [1.29, 1.82) is 0 Å². The first-order valence-electron chi connectivity index (χ1n) is 7.12. The van der Waals surface area contributed by atoms with Gasteiger partial charge in [-0.25, -0.2) is 0 Å². The Morgan fingerprint density at radius 3 is 2.65 bits per heavy atom. The fourth-order valence-electron chi connectivity index (χ4n) is 3.52. The molecule has 2 rings (SSSR count). The lowest BCUT2D eigenvalue weighted by Gasteiger charge is -2.39. The van der Waals surface area contributed by atoms with E-state index in [1.807, 2.05) is 6.92 Å². The SMILES string of the molecule is C[C@H](CO)NC(=O)C1CCC2CCCCC2C1. The molecule has 1 amide bonds. The third-order valence-corrected chi connectivity index (χ3v) is 4.57. The lowest BCUT2D eigenvalue weighted by molar-refractivity contribution is -0.128. The van der Waals surface area contributed by atoms with Crippen molar-refractivity contribution in [3.05, 3.63) is 0 Å². The molecule has 3 heteroatoms. The lowest BCUT2D eigenvalue weighted by atomic mass is 9.67. The summed E-state index contributed by atoms with van der Waals surface area (Å²) in [5.41, 5.74) is 0. The van der Waals surface area contributed by atoms with Crippen LogP contribution in [0.25, 0.3) is 0 Å². The zero-order chi connectivity index (χ0) is 12.3. The van der Waals surface area contributed by atoms with E-state index in [1.165, 1.54) is 32.1 Å². The molecular weight excluding hydrogens is 214 g/mol. The third kappa shape index (κ3) is 3.21. The molecule has 2 fully saturated rings. The molecule has 0 spiro atoms. The molecule has 0 bridgehead atoms. The predicted molar refractivity (Wildman–Crippen MR) is 67.5 cm³/mol. The Kier molecular flexibility index (Phi) is 4.43. The van der Waals surface area contributed by atoms with E-state index in [2.05, 4.69) is 5.32 Å². The highest BCUT2D eigenvalue weighted by atomic mass is 16.3. The quantitative estimate of drug-likeness (QED) is 0.792. The van der Waals surface area contributed by atoms with Gasteiger partial charge in [0.2, 0.25) is 5.91 Å². The summed E-state index contributed by atoms with van der Waals surface area (Å²) >= 11 is 0. The van der Waals surface area contributed by atoms with Gasteiger partial charge in [-0.3, -0.25) is 4.79 Å². The minimum absolute atomic E-state index is 0.0323. The fourth-order valence-corrected chi connectivity index (χ4v) is 3.52. The second-order valence-electron chi connectivity index (χ2n) is 5.91. The molecule has 2 aliphatic carbocycles. The molecule has 0 radical (unpaired) electrons. The Balaban J connectivity index is 1.84. The first kappa shape index (κ1) is 12.9. The van der Waals surface area contributed by atoms with Crippen molar-refractivity contribution in [3.8, 4) is 0 Å². The van der Waals surface area contributed by atoms with Gasteiger partial charge in [-0.05, 0) is 38.0 Å². The second kappa shape index (κ2) is 5.85. The van der Waals surface area contributed by atoms with Crippen LogP contribution in [0.15, 0.2) is 0 Å². The van der Waals surface area contributed by atoms with E-state index in [-0.39, 0.29) is 24.5 Å². The average molecular weight is 239 g/mol. The predicted octanol–water partition coefficient (Wildman–Crippen LogP) is 2.09. The molecule has 3 unspecified atom stereocenters. The van der Waals surface area contributed by atoms with Gasteiger partial charge in [-0.1, -0.05) is 25.7 Å². The number of carbonyl (C=O) groups is 1. The van der Waals surface area contributed by atoms with Crippen molar-refractivity contribution in [2.45, 2.75) is 57.9 Å². The molecule has 2 saturated carbocycles. The first-order valence-corrected chi connectivity index (χ1v) is 7.12. The number of carbonyl (C=O) groups excluding carboxylic acids is 1. The molecule has 98 valence electrons. The highest BCUT2D eigenvalue weighted by molar-refractivity contribution is 5.79. The van der Waals surface area contributed by atoms with Crippen molar-refractivity contribution in [1.82, 2.24) is 5.32 Å². The Hall–Kier alpha value is -0.570. The number of fused-ring (bicyclic) bond motifs is 1. The maximum Gasteiger partial charge on any atom is 0.223 e. The molecule has 17 heavy (non-hydrogen) atoms. The summed E-state index contributed by atoms with van der Waals surface area (Å²) in [6, 6.07) is -0.105. The van der Waals surface area contributed by atoms with Crippen molar-refractivity contribution < 1.29 is 9.90 Å². The Morgan fingerprint density at radius 1 is 1.24 bits per heavy atom. The molecule has 0 aromatic heterocycles. The number of hydrogen-bond donors (Lipinski definition) is 2. The summed E-state index contributed by atoms with van der Waals surface area (Å²) in [5.74, 6) is 2.04. The van der Waals surface area contributed by atoms with Gasteiger partial charge >= 0.3 is 0 Å². The van der Waals surface area contributed by atoms with Gasteiger partial charge in [-0.15, -0.1) is 0 Å². The number of amides is 1. The van der Waals surface area contributed by atoms with Crippen LogP contribution in [0.3, 0.4) is 0 Å². The Morgan fingerprint density at radius 2 is 1.94 bits per heavy atom. The molecule has 2 N–H and O–H groups in total. The lowest BCUT2D eigenvalue weighted by Crippen LogP contribution is -2.42. The summed E-state index contributed by atoms with van der Waals surface area (Å²) in [6.07, 6.45) is 8.80. The van der Waals surface area contributed by atoms with Gasteiger partial charge in [0, 0.05) is 12.0 Å². The number of aliphatic hydroxyl groups excluding tert-OH is 1. The standard InChI is InChI=1S/C14H25NO2/c1-10(9-16)15-14(17)13-7-6-11-4-2-3-5-12(11)8-13/h10-13,16H,2-9H2,1H3,(H,15,17)/t10-,11?,12?,13?/m1/s1. The van der Waals surface area contributed by atoms with E-state index in [1.54, 1.807) is 0 Å². The average Bonchev–Trinajstić information content (AvgIpc) is 2.38. The van der Waals surface area contributed by atoms with E-state index >= 15 is 0 Å². The van der Waals surface area contributed by atoms with E-state index in [0.29, 0.717) is 0 Å². The van der Waals surface area contributed by atoms with Gasteiger partial charge in [0.25, 0.3) is 0 Å². The molecule has 0 heterocycles. The van der Waals surface area contributed by atoms with Crippen molar-refractivity contribution in [3.63, 3.8) is 0 Å². The van der Waals surface area contributed by atoms with Crippen LogP contribution in [0.4, 0.5) is 0 Å². The number of rotatable bonds is 3.